The summed E-state index contributed by atoms with van der Waals surface area (Å²) >= 11 is 0. The monoisotopic (exact) mass is 590 g/mol. The van der Waals surface area contributed by atoms with Crippen LogP contribution >= 0.6 is 0 Å². The van der Waals surface area contributed by atoms with Crippen molar-refractivity contribution >= 4 is 56.2 Å². The maximum Gasteiger partial charge on any atom is 0.339 e. The van der Waals surface area contributed by atoms with E-state index >= 15 is 0 Å². The molecule has 0 fully saturated rings. The molecule has 0 saturated carbocycles. The van der Waals surface area contributed by atoms with Gasteiger partial charge < -0.3 is 26.0 Å². The van der Waals surface area contributed by atoms with Crippen LogP contribution in [-0.4, -0.2) is 40.3 Å². The summed E-state index contributed by atoms with van der Waals surface area (Å²) in [5.74, 6) is -1.68. The third-order valence-corrected chi connectivity index (χ3v) is 6.37. The number of carbonyl (C=O) groups is 2. The van der Waals surface area contributed by atoms with Crippen molar-refractivity contribution in [3.05, 3.63) is 96.1 Å². The van der Waals surface area contributed by atoms with E-state index in [2.05, 4.69) is 31.1 Å². The summed E-state index contributed by atoms with van der Waals surface area (Å²) in [5.41, 5.74) is 1.91. The average molecular weight is 591 g/mol. The molecule has 4 rings (SSSR count). The fraction of sp³-hybridized carbons (Fsp3) is 0.0370. The number of urea groups is 1. The highest BCUT2D eigenvalue weighted by molar-refractivity contribution is 7.85. The molecular weight excluding hydrogens is 568 g/mol. The Balaban J connectivity index is 1.38. The summed E-state index contributed by atoms with van der Waals surface area (Å²) in [5, 5.41) is 49.6. The van der Waals surface area contributed by atoms with Crippen molar-refractivity contribution in [2.75, 3.05) is 10.6 Å². The number of benzene rings is 4. The van der Waals surface area contributed by atoms with E-state index in [4.69, 9.17) is 9.66 Å². The van der Waals surface area contributed by atoms with Crippen LogP contribution in [0, 0.1) is 0 Å². The number of nitrogens with one attached hydrogen (secondary N) is 2. The fourth-order valence-electron chi connectivity index (χ4n) is 3.49. The molecule has 4 aromatic rings. The molecule has 214 valence electrons. The van der Waals surface area contributed by atoms with Crippen molar-refractivity contribution in [3.63, 3.8) is 0 Å². The van der Waals surface area contributed by atoms with Crippen LogP contribution in [0.4, 0.5) is 38.9 Å². The molecule has 0 saturated heterocycles. The first kappa shape index (κ1) is 29.5. The molecular formula is C27H22N6O8S. The molecule has 4 aromatic carbocycles. The summed E-state index contributed by atoms with van der Waals surface area (Å²) < 4.78 is 31.8. The van der Waals surface area contributed by atoms with Gasteiger partial charge in [-0.1, -0.05) is 6.07 Å². The molecule has 0 unspecified atom stereocenters. The van der Waals surface area contributed by atoms with E-state index in [1.165, 1.54) is 54.6 Å². The predicted octanol–water partition coefficient (Wildman–Crippen LogP) is 6.30. The molecule has 0 spiro atoms. The van der Waals surface area contributed by atoms with Crippen LogP contribution in [0.3, 0.4) is 0 Å². The highest BCUT2D eigenvalue weighted by Crippen LogP contribution is 2.27. The number of aromatic hydroxyl groups is 1. The van der Waals surface area contributed by atoms with Gasteiger partial charge in [0.25, 0.3) is 10.1 Å². The fourth-order valence-corrected chi connectivity index (χ4v) is 4.01. The molecule has 0 aliphatic rings. The number of carboxylic acids is 1. The van der Waals surface area contributed by atoms with Crippen LogP contribution in [0.25, 0.3) is 0 Å². The Kier molecular flexibility index (Phi) is 8.96. The minimum atomic E-state index is -4.39. The quantitative estimate of drug-likeness (QED) is 0.0955. The van der Waals surface area contributed by atoms with Gasteiger partial charge in [0, 0.05) is 16.9 Å². The molecule has 0 radical (unpaired) electrons. The Labute approximate surface area is 238 Å². The van der Waals surface area contributed by atoms with Crippen molar-refractivity contribution < 1.29 is 37.9 Å². The van der Waals surface area contributed by atoms with Gasteiger partial charge in [-0.3, -0.25) is 4.55 Å². The average Bonchev–Trinajstić information content (AvgIpc) is 2.96. The minimum absolute atomic E-state index is 0.178. The van der Waals surface area contributed by atoms with Crippen molar-refractivity contribution in [1.29, 1.82) is 0 Å². The second-order valence-corrected chi connectivity index (χ2v) is 9.93. The van der Waals surface area contributed by atoms with Gasteiger partial charge in [0.15, 0.2) is 0 Å². The van der Waals surface area contributed by atoms with Crippen molar-refractivity contribution in [2.45, 2.75) is 11.5 Å². The molecule has 42 heavy (non-hydrogen) atoms. The Morgan fingerprint density at radius 2 is 1.33 bits per heavy atom. The number of amides is 2. The van der Waals surface area contributed by atoms with Crippen LogP contribution in [0.5, 0.6) is 5.75 Å². The highest BCUT2D eigenvalue weighted by atomic mass is 32.2. The van der Waals surface area contributed by atoms with Gasteiger partial charge >= 0.3 is 12.0 Å². The van der Waals surface area contributed by atoms with E-state index in [0.717, 1.165) is 6.07 Å². The molecule has 0 bridgehead atoms. The van der Waals surface area contributed by atoms with Crippen molar-refractivity contribution in [2.24, 2.45) is 20.5 Å². The maximum atomic E-state index is 12.5. The summed E-state index contributed by atoms with van der Waals surface area (Å²) in [4.78, 5) is 23.4. The first-order valence-corrected chi connectivity index (χ1v) is 13.3. The van der Waals surface area contributed by atoms with Crippen LogP contribution in [0.15, 0.2) is 110 Å². The number of azo groups is 2. The van der Waals surface area contributed by atoms with E-state index in [0.29, 0.717) is 28.3 Å². The van der Waals surface area contributed by atoms with Crippen LogP contribution < -0.4 is 10.6 Å². The zero-order valence-corrected chi connectivity index (χ0v) is 22.2. The second kappa shape index (κ2) is 12.8. The van der Waals surface area contributed by atoms with E-state index in [1.54, 1.807) is 24.3 Å². The third-order valence-electron chi connectivity index (χ3n) is 5.52. The number of hydrogen-bond acceptors (Lipinski definition) is 10. The summed E-state index contributed by atoms with van der Waals surface area (Å²) in [6, 6.07) is 19.3. The number of phenols is 1. The number of anilines is 2. The number of nitrogens with zero attached hydrogens (tertiary/aromatic N) is 4. The lowest BCUT2D eigenvalue weighted by Crippen LogP contribution is -2.20. The number of carbonyl (C=O) groups excluding carboxylic acids is 1. The Morgan fingerprint density at radius 3 is 1.98 bits per heavy atom. The van der Waals surface area contributed by atoms with Gasteiger partial charge in [0.05, 0.1) is 34.3 Å². The van der Waals surface area contributed by atoms with Crippen LogP contribution in [-0.2, 0) is 16.7 Å². The Hall–Kier alpha value is -5.51. The largest absolute Gasteiger partial charge is 0.507 e. The topological polar surface area (TPSA) is 223 Å². The molecule has 14 nitrogen and oxygen atoms in total. The number of aromatic carboxylic acids is 1. The van der Waals surface area contributed by atoms with Crippen molar-refractivity contribution in [1.82, 2.24) is 0 Å². The predicted molar refractivity (Wildman–Crippen MR) is 151 cm³/mol. The normalized spacial score (nSPS) is 11.6. The zero-order chi connectivity index (χ0) is 30.3. The molecule has 2 amide bonds. The van der Waals surface area contributed by atoms with Crippen LogP contribution in [0.1, 0.15) is 15.9 Å². The molecule has 0 aliphatic carbocycles. The lowest BCUT2D eigenvalue weighted by molar-refractivity contribution is 0.0693. The first-order valence-electron chi connectivity index (χ1n) is 11.9. The van der Waals surface area contributed by atoms with Gasteiger partial charge in [-0.05, 0) is 78.9 Å². The third kappa shape index (κ3) is 7.79. The summed E-state index contributed by atoms with van der Waals surface area (Å²) in [6.45, 7) is -0.425. The van der Waals surface area contributed by atoms with Crippen LogP contribution in [0.2, 0.25) is 0 Å². The standard InChI is InChI=1S/C27H22N6O8S/c34-15-16-12-20(32-31-19-2-1-3-22(13-19)42(39,40)41)8-10-24(16)29-27(38)28-17-4-6-18(7-5-17)30-33-21-9-11-25(35)23(14-21)26(36)37/h1-14,34-35H,15H2,(H,36,37)(H2,28,29,38)(H,39,40,41). The summed E-state index contributed by atoms with van der Waals surface area (Å²) in [6.07, 6.45) is 0. The number of hydrogen-bond donors (Lipinski definition) is 6. The molecule has 0 aliphatic heterocycles. The van der Waals surface area contributed by atoms with Gasteiger partial charge in [-0.15, -0.1) is 0 Å². The van der Waals surface area contributed by atoms with Crippen molar-refractivity contribution in [3.8, 4) is 5.75 Å². The summed E-state index contributed by atoms with van der Waals surface area (Å²) in [7, 11) is -4.39. The van der Waals surface area contributed by atoms with Gasteiger partial charge in [-0.2, -0.15) is 28.9 Å². The number of carboxylic acid groups (broad SMARTS) is 1. The first-order chi connectivity index (χ1) is 20.0. The highest BCUT2D eigenvalue weighted by Gasteiger charge is 2.12. The van der Waals surface area contributed by atoms with Gasteiger partial charge in [-0.25, -0.2) is 9.59 Å². The lowest BCUT2D eigenvalue weighted by Gasteiger charge is -2.11. The number of aliphatic hydroxyl groups is 1. The molecule has 15 heteroatoms. The van der Waals surface area contributed by atoms with E-state index in [-0.39, 0.29) is 27.6 Å². The lowest BCUT2D eigenvalue weighted by atomic mass is 10.1. The van der Waals surface area contributed by atoms with Gasteiger partial charge in [0.1, 0.15) is 11.3 Å². The minimum Gasteiger partial charge on any atom is -0.507 e. The van der Waals surface area contributed by atoms with E-state index < -0.39 is 28.7 Å². The Morgan fingerprint density at radius 1 is 0.738 bits per heavy atom. The SMILES string of the molecule is O=C(Nc1ccc(N=Nc2ccc(O)c(C(=O)O)c2)cc1)Nc1ccc(N=Nc2cccc(S(=O)(=O)O)c2)cc1CO. The Bertz CT molecular complexity index is 1810. The zero-order valence-electron chi connectivity index (χ0n) is 21.4. The molecule has 6 N–H and O–H groups in total. The smallest absolute Gasteiger partial charge is 0.339 e. The van der Waals surface area contributed by atoms with E-state index in [9.17, 15) is 28.2 Å². The molecule has 0 atom stereocenters. The maximum absolute atomic E-state index is 12.5. The van der Waals surface area contributed by atoms with Gasteiger partial charge in [0.2, 0.25) is 0 Å². The second-order valence-electron chi connectivity index (χ2n) is 8.50. The van der Waals surface area contributed by atoms with E-state index in [1.807, 2.05) is 0 Å². The molecule has 0 heterocycles. The molecule has 0 aromatic heterocycles. The number of aliphatic hydroxyl groups excluding tert-OH is 1. The number of rotatable bonds is 9.